The predicted octanol–water partition coefficient (Wildman–Crippen LogP) is 3.06. The van der Waals surface area contributed by atoms with Crippen LogP contribution in [0.3, 0.4) is 0 Å². The Morgan fingerprint density at radius 1 is 1.45 bits per heavy atom. The van der Waals surface area contributed by atoms with Crippen LogP contribution in [0.15, 0.2) is 17.5 Å². The predicted molar refractivity (Wildman–Crippen MR) is 85.2 cm³/mol. The zero-order valence-electron chi connectivity index (χ0n) is 12.7. The molecule has 1 saturated carbocycles. The molecule has 0 aromatic carbocycles. The van der Waals surface area contributed by atoms with Gasteiger partial charge in [-0.2, -0.15) is 0 Å². The average Bonchev–Trinajstić information content (AvgIpc) is 3.08. The maximum absolute atomic E-state index is 12.1. The van der Waals surface area contributed by atoms with Crippen LogP contribution in [0, 0.1) is 0 Å². The van der Waals surface area contributed by atoms with Gasteiger partial charge in [-0.3, -0.25) is 4.79 Å². The molecule has 0 spiro atoms. The molecule has 1 atom stereocenters. The Morgan fingerprint density at radius 2 is 2.15 bits per heavy atom. The van der Waals surface area contributed by atoms with Crippen molar-refractivity contribution in [1.29, 1.82) is 0 Å². The molecule has 1 fully saturated rings. The van der Waals surface area contributed by atoms with Crippen LogP contribution < -0.4 is 10.6 Å². The molecule has 2 rings (SSSR count). The molecular weight excluding hydrogens is 268 g/mol. The highest BCUT2D eigenvalue weighted by molar-refractivity contribution is 7.10. The number of rotatable bonds is 6. The molecule has 112 valence electrons. The standard InChI is InChI=1S/C16H26N2OS/c1-12(15(19)18-13-7-4-5-8-13)17-11-16(2,3)14-9-6-10-20-14/h6,9-10,12-13,17H,4-5,7-8,11H2,1-3H3,(H,18,19). The third kappa shape index (κ3) is 4.06. The average molecular weight is 294 g/mol. The maximum Gasteiger partial charge on any atom is 0.237 e. The van der Waals surface area contributed by atoms with E-state index in [0.717, 1.165) is 19.4 Å². The third-order valence-corrected chi connectivity index (χ3v) is 5.37. The van der Waals surface area contributed by atoms with E-state index < -0.39 is 0 Å². The lowest BCUT2D eigenvalue weighted by Gasteiger charge is -2.26. The van der Waals surface area contributed by atoms with E-state index in [4.69, 9.17) is 0 Å². The largest absolute Gasteiger partial charge is 0.352 e. The van der Waals surface area contributed by atoms with E-state index in [-0.39, 0.29) is 17.4 Å². The van der Waals surface area contributed by atoms with E-state index in [2.05, 4.69) is 42.0 Å². The number of amides is 1. The van der Waals surface area contributed by atoms with Crippen molar-refractivity contribution in [2.45, 2.75) is 64.0 Å². The van der Waals surface area contributed by atoms with Gasteiger partial charge in [0.05, 0.1) is 6.04 Å². The normalized spacial score (nSPS) is 18.1. The van der Waals surface area contributed by atoms with Crippen LogP contribution in [0.2, 0.25) is 0 Å². The second kappa shape index (κ2) is 6.72. The van der Waals surface area contributed by atoms with Gasteiger partial charge < -0.3 is 10.6 Å². The molecule has 1 unspecified atom stereocenters. The number of hydrogen-bond donors (Lipinski definition) is 2. The first-order valence-electron chi connectivity index (χ1n) is 7.57. The minimum atomic E-state index is -0.130. The molecule has 1 aliphatic carbocycles. The molecule has 1 heterocycles. The van der Waals surface area contributed by atoms with Gasteiger partial charge in [-0.15, -0.1) is 11.3 Å². The zero-order chi connectivity index (χ0) is 14.6. The Labute approximate surface area is 126 Å². The van der Waals surface area contributed by atoms with Gasteiger partial charge in [0, 0.05) is 22.9 Å². The van der Waals surface area contributed by atoms with Crippen LogP contribution in [0.5, 0.6) is 0 Å². The van der Waals surface area contributed by atoms with Gasteiger partial charge in [0.1, 0.15) is 0 Å². The number of nitrogens with one attached hydrogen (secondary N) is 2. The summed E-state index contributed by atoms with van der Waals surface area (Å²) in [5, 5.41) is 8.63. The molecule has 2 N–H and O–H groups in total. The summed E-state index contributed by atoms with van der Waals surface area (Å²) in [5.41, 5.74) is 0.0655. The van der Waals surface area contributed by atoms with E-state index in [1.165, 1.54) is 17.7 Å². The van der Waals surface area contributed by atoms with Gasteiger partial charge in [-0.05, 0) is 31.2 Å². The van der Waals surface area contributed by atoms with Crippen LogP contribution in [0.1, 0.15) is 51.3 Å². The van der Waals surface area contributed by atoms with Crippen molar-refractivity contribution >= 4 is 17.2 Å². The van der Waals surface area contributed by atoms with Gasteiger partial charge in [0.25, 0.3) is 0 Å². The van der Waals surface area contributed by atoms with E-state index in [9.17, 15) is 4.79 Å². The topological polar surface area (TPSA) is 41.1 Å². The first-order valence-corrected chi connectivity index (χ1v) is 8.45. The van der Waals surface area contributed by atoms with Crippen molar-refractivity contribution in [3.05, 3.63) is 22.4 Å². The summed E-state index contributed by atoms with van der Waals surface area (Å²) < 4.78 is 0. The van der Waals surface area contributed by atoms with Crippen molar-refractivity contribution in [2.75, 3.05) is 6.54 Å². The van der Waals surface area contributed by atoms with Crippen LogP contribution in [0.25, 0.3) is 0 Å². The summed E-state index contributed by atoms with van der Waals surface area (Å²) in [6, 6.07) is 4.51. The van der Waals surface area contributed by atoms with Gasteiger partial charge in [0.2, 0.25) is 5.91 Å². The fourth-order valence-corrected chi connectivity index (χ4v) is 3.50. The van der Waals surface area contributed by atoms with Gasteiger partial charge in [-0.25, -0.2) is 0 Å². The van der Waals surface area contributed by atoms with E-state index >= 15 is 0 Å². The van der Waals surface area contributed by atoms with Gasteiger partial charge in [0.15, 0.2) is 0 Å². The van der Waals surface area contributed by atoms with Crippen molar-refractivity contribution in [1.82, 2.24) is 10.6 Å². The first-order chi connectivity index (χ1) is 9.49. The van der Waals surface area contributed by atoms with Gasteiger partial charge in [-0.1, -0.05) is 32.8 Å². The summed E-state index contributed by atoms with van der Waals surface area (Å²) in [6.07, 6.45) is 4.77. The molecule has 1 aromatic heterocycles. The van der Waals surface area contributed by atoms with Crippen molar-refractivity contribution in [3.8, 4) is 0 Å². The Bertz CT molecular complexity index is 422. The van der Waals surface area contributed by atoms with E-state index in [1.807, 2.05) is 6.92 Å². The molecule has 3 nitrogen and oxygen atoms in total. The lowest BCUT2D eigenvalue weighted by atomic mass is 9.91. The van der Waals surface area contributed by atoms with Crippen LogP contribution in [0.4, 0.5) is 0 Å². The quantitative estimate of drug-likeness (QED) is 0.846. The molecule has 0 radical (unpaired) electrons. The Hall–Kier alpha value is -0.870. The SMILES string of the molecule is CC(NCC(C)(C)c1cccs1)C(=O)NC1CCCC1. The highest BCUT2D eigenvalue weighted by atomic mass is 32.1. The number of thiophene rings is 1. The molecule has 1 aromatic rings. The molecule has 1 amide bonds. The van der Waals surface area contributed by atoms with Crippen molar-refractivity contribution < 1.29 is 4.79 Å². The maximum atomic E-state index is 12.1. The summed E-state index contributed by atoms with van der Waals surface area (Å²) in [5.74, 6) is 0.138. The second-order valence-corrected chi connectivity index (χ2v) is 7.40. The Balaban J connectivity index is 1.79. The van der Waals surface area contributed by atoms with Crippen molar-refractivity contribution in [2.24, 2.45) is 0 Å². The van der Waals surface area contributed by atoms with E-state index in [1.54, 1.807) is 11.3 Å². The highest BCUT2D eigenvalue weighted by Gasteiger charge is 2.25. The minimum absolute atomic E-state index is 0.0655. The summed E-state index contributed by atoms with van der Waals surface area (Å²) in [6.45, 7) is 7.20. The van der Waals surface area contributed by atoms with E-state index in [0.29, 0.717) is 6.04 Å². The number of carbonyl (C=O) groups is 1. The number of carbonyl (C=O) groups excluding carboxylic acids is 1. The summed E-state index contributed by atoms with van der Waals surface area (Å²) in [4.78, 5) is 13.5. The van der Waals surface area contributed by atoms with Crippen LogP contribution in [-0.4, -0.2) is 24.5 Å². The summed E-state index contributed by atoms with van der Waals surface area (Å²) >= 11 is 1.78. The fraction of sp³-hybridized carbons (Fsp3) is 0.688. The fourth-order valence-electron chi connectivity index (χ4n) is 2.65. The van der Waals surface area contributed by atoms with Crippen LogP contribution in [-0.2, 0) is 10.2 Å². The molecule has 1 aliphatic rings. The summed E-state index contributed by atoms with van der Waals surface area (Å²) in [7, 11) is 0. The molecule has 4 heteroatoms. The Kier molecular flexibility index (Phi) is 5.22. The Morgan fingerprint density at radius 3 is 2.75 bits per heavy atom. The number of hydrogen-bond acceptors (Lipinski definition) is 3. The molecule has 0 bridgehead atoms. The van der Waals surface area contributed by atoms with Gasteiger partial charge >= 0.3 is 0 Å². The third-order valence-electron chi connectivity index (χ3n) is 4.13. The lowest BCUT2D eigenvalue weighted by molar-refractivity contribution is -0.123. The first kappa shape index (κ1) is 15.5. The molecule has 0 aliphatic heterocycles. The highest BCUT2D eigenvalue weighted by Crippen LogP contribution is 2.26. The lowest BCUT2D eigenvalue weighted by Crippen LogP contribution is -2.48. The zero-order valence-corrected chi connectivity index (χ0v) is 13.6. The molecule has 20 heavy (non-hydrogen) atoms. The second-order valence-electron chi connectivity index (χ2n) is 6.45. The monoisotopic (exact) mass is 294 g/mol. The van der Waals surface area contributed by atoms with Crippen molar-refractivity contribution in [3.63, 3.8) is 0 Å². The van der Waals surface area contributed by atoms with Crippen LogP contribution >= 0.6 is 11.3 Å². The minimum Gasteiger partial charge on any atom is -0.352 e. The smallest absolute Gasteiger partial charge is 0.237 e. The molecule has 0 saturated heterocycles. The molecular formula is C16H26N2OS.